The summed E-state index contributed by atoms with van der Waals surface area (Å²) in [6, 6.07) is 0. The van der Waals surface area contributed by atoms with E-state index in [9.17, 15) is 4.79 Å². The van der Waals surface area contributed by atoms with Crippen molar-refractivity contribution in [2.75, 3.05) is 13.7 Å². The Bertz CT molecular complexity index is 62.7. The zero-order chi connectivity index (χ0) is 6.41. The largest absolute Gasteiger partial charge is 0.462 e. The predicted octanol–water partition coefficient (Wildman–Crippen LogP) is 0.194. The molecule has 0 rings (SSSR count). The Balaban J connectivity index is 3.03. The third kappa shape index (κ3) is 3.61. The standard InChI is InChI=1S/C5H10O3/c1-5(3-7-2)8-4-6/h4-5H,3H2,1-2H3/t5-/m1/s1. The van der Waals surface area contributed by atoms with Crippen LogP contribution in [0.15, 0.2) is 0 Å². The Kier molecular flexibility index (Phi) is 4.26. The van der Waals surface area contributed by atoms with Crippen LogP contribution in [-0.4, -0.2) is 26.3 Å². The second-order valence-electron chi connectivity index (χ2n) is 1.50. The second-order valence-corrected chi connectivity index (χ2v) is 1.50. The van der Waals surface area contributed by atoms with Gasteiger partial charge in [0, 0.05) is 7.11 Å². The van der Waals surface area contributed by atoms with Gasteiger partial charge in [0.05, 0.1) is 6.61 Å². The van der Waals surface area contributed by atoms with Gasteiger partial charge in [-0.05, 0) is 6.92 Å². The molecule has 0 aromatic carbocycles. The molecule has 0 fully saturated rings. The van der Waals surface area contributed by atoms with E-state index in [0.717, 1.165) is 0 Å². The van der Waals surface area contributed by atoms with Crippen molar-refractivity contribution in [1.82, 2.24) is 0 Å². The van der Waals surface area contributed by atoms with E-state index in [4.69, 9.17) is 0 Å². The molecule has 0 aliphatic rings. The van der Waals surface area contributed by atoms with Crippen LogP contribution < -0.4 is 0 Å². The van der Waals surface area contributed by atoms with E-state index >= 15 is 0 Å². The summed E-state index contributed by atoms with van der Waals surface area (Å²) in [5.41, 5.74) is 0. The highest BCUT2D eigenvalue weighted by atomic mass is 16.6. The minimum Gasteiger partial charge on any atom is -0.462 e. The van der Waals surface area contributed by atoms with E-state index < -0.39 is 0 Å². The average Bonchev–Trinajstić information content (AvgIpc) is 1.68. The lowest BCUT2D eigenvalue weighted by Crippen LogP contribution is -2.13. The first-order valence-corrected chi connectivity index (χ1v) is 2.39. The summed E-state index contributed by atoms with van der Waals surface area (Å²) < 4.78 is 9.15. The van der Waals surface area contributed by atoms with Crippen molar-refractivity contribution in [3.8, 4) is 0 Å². The molecule has 1 atom stereocenters. The Labute approximate surface area is 48.6 Å². The summed E-state index contributed by atoms with van der Waals surface area (Å²) in [6.45, 7) is 2.64. The molecule has 0 saturated heterocycles. The first-order valence-electron chi connectivity index (χ1n) is 2.39. The molecule has 0 amide bonds. The molecule has 3 heteroatoms. The van der Waals surface area contributed by atoms with Gasteiger partial charge in [-0.3, -0.25) is 4.79 Å². The fourth-order valence-electron chi connectivity index (χ4n) is 0.369. The van der Waals surface area contributed by atoms with Crippen LogP contribution in [0.2, 0.25) is 0 Å². The quantitative estimate of drug-likeness (QED) is 0.494. The molecule has 0 saturated carbocycles. The maximum atomic E-state index is 9.61. The van der Waals surface area contributed by atoms with Crippen molar-refractivity contribution in [3.05, 3.63) is 0 Å². The topological polar surface area (TPSA) is 35.5 Å². The van der Waals surface area contributed by atoms with E-state index in [-0.39, 0.29) is 6.10 Å². The molecule has 0 radical (unpaired) electrons. The number of hydrogen-bond acceptors (Lipinski definition) is 3. The first kappa shape index (κ1) is 7.43. The highest BCUT2D eigenvalue weighted by molar-refractivity contribution is 5.37. The summed E-state index contributed by atoms with van der Waals surface area (Å²) in [7, 11) is 1.56. The Morgan fingerprint density at radius 2 is 2.38 bits per heavy atom. The van der Waals surface area contributed by atoms with Gasteiger partial charge in [0.2, 0.25) is 0 Å². The molecule has 3 nitrogen and oxygen atoms in total. The fraction of sp³-hybridized carbons (Fsp3) is 0.800. The van der Waals surface area contributed by atoms with Gasteiger partial charge in [-0.25, -0.2) is 0 Å². The number of carbonyl (C=O) groups excluding carboxylic acids is 1. The lowest BCUT2D eigenvalue weighted by atomic mass is 10.4. The van der Waals surface area contributed by atoms with Crippen LogP contribution in [0.5, 0.6) is 0 Å². The van der Waals surface area contributed by atoms with Crippen molar-refractivity contribution in [2.45, 2.75) is 13.0 Å². The summed E-state index contributed by atoms with van der Waals surface area (Å²) in [6.07, 6.45) is -0.127. The third-order valence-electron chi connectivity index (χ3n) is 0.689. The van der Waals surface area contributed by atoms with Crippen molar-refractivity contribution in [2.24, 2.45) is 0 Å². The number of carbonyl (C=O) groups is 1. The molecule has 0 aromatic heterocycles. The average molecular weight is 118 g/mol. The van der Waals surface area contributed by atoms with Gasteiger partial charge in [-0.15, -0.1) is 0 Å². The summed E-state index contributed by atoms with van der Waals surface area (Å²) in [5.74, 6) is 0. The maximum absolute atomic E-state index is 9.61. The van der Waals surface area contributed by atoms with Crippen LogP contribution >= 0.6 is 0 Å². The minimum atomic E-state index is -0.127. The van der Waals surface area contributed by atoms with Gasteiger partial charge in [0.1, 0.15) is 6.10 Å². The van der Waals surface area contributed by atoms with Gasteiger partial charge >= 0.3 is 0 Å². The molecule has 8 heavy (non-hydrogen) atoms. The van der Waals surface area contributed by atoms with E-state index in [2.05, 4.69) is 9.47 Å². The molecule has 0 aromatic rings. The smallest absolute Gasteiger partial charge is 0.293 e. The van der Waals surface area contributed by atoms with E-state index in [1.54, 1.807) is 14.0 Å². The first-order chi connectivity index (χ1) is 3.81. The van der Waals surface area contributed by atoms with Crippen LogP contribution in [-0.2, 0) is 14.3 Å². The van der Waals surface area contributed by atoms with E-state index in [1.165, 1.54) is 0 Å². The molecule has 48 valence electrons. The zero-order valence-corrected chi connectivity index (χ0v) is 5.09. The molecule has 0 N–H and O–H groups in total. The Morgan fingerprint density at radius 3 is 2.75 bits per heavy atom. The molecular formula is C5H10O3. The van der Waals surface area contributed by atoms with Gasteiger partial charge in [-0.2, -0.15) is 0 Å². The number of hydrogen-bond donors (Lipinski definition) is 0. The summed E-state index contributed by atoms with van der Waals surface area (Å²) >= 11 is 0. The van der Waals surface area contributed by atoms with Crippen molar-refractivity contribution in [1.29, 1.82) is 0 Å². The number of ether oxygens (including phenoxy) is 2. The van der Waals surface area contributed by atoms with E-state index in [0.29, 0.717) is 13.1 Å². The fourth-order valence-corrected chi connectivity index (χ4v) is 0.369. The number of methoxy groups -OCH3 is 1. The Hall–Kier alpha value is -0.570. The summed E-state index contributed by atoms with van der Waals surface area (Å²) in [5, 5.41) is 0. The number of rotatable bonds is 4. The molecule has 0 unspecified atom stereocenters. The summed E-state index contributed by atoms with van der Waals surface area (Å²) in [4.78, 5) is 9.61. The lowest BCUT2D eigenvalue weighted by Gasteiger charge is -2.05. The molecular weight excluding hydrogens is 108 g/mol. The van der Waals surface area contributed by atoms with Crippen LogP contribution in [0, 0.1) is 0 Å². The van der Waals surface area contributed by atoms with Crippen molar-refractivity contribution >= 4 is 6.47 Å². The van der Waals surface area contributed by atoms with Crippen LogP contribution in [0.1, 0.15) is 6.92 Å². The van der Waals surface area contributed by atoms with Crippen molar-refractivity contribution < 1.29 is 14.3 Å². The normalized spacial score (nSPS) is 12.8. The van der Waals surface area contributed by atoms with Crippen molar-refractivity contribution in [3.63, 3.8) is 0 Å². The Morgan fingerprint density at radius 1 is 1.75 bits per heavy atom. The van der Waals surface area contributed by atoms with Gasteiger partial charge in [0.15, 0.2) is 0 Å². The zero-order valence-electron chi connectivity index (χ0n) is 5.09. The maximum Gasteiger partial charge on any atom is 0.293 e. The molecule has 0 bridgehead atoms. The highest BCUT2D eigenvalue weighted by Crippen LogP contribution is 1.85. The van der Waals surface area contributed by atoms with E-state index in [1.807, 2.05) is 0 Å². The molecule has 0 aliphatic heterocycles. The predicted molar refractivity (Wildman–Crippen MR) is 28.5 cm³/mol. The highest BCUT2D eigenvalue weighted by Gasteiger charge is 1.96. The SMILES string of the molecule is COC[C@@H](C)OC=O. The minimum absolute atomic E-state index is 0.127. The van der Waals surface area contributed by atoms with Gasteiger partial charge < -0.3 is 9.47 Å². The second kappa shape index (κ2) is 4.59. The third-order valence-corrected chi connectivity index (χ3v) is 0.689. The van der Waals surface area contributed by atoms with Crippen LogP contribution in [0.25, 0.3) is 0 Å². The molecule has 0 heterocycles. The lowest BCUT2D eigenvalue weighted by molar-refractivity contribution is -0.134. The van der Waals surface area contributed by atoms with Gasteiger partial charge in [-0.1, -0.05) is 0 Å². The molecule has 0 spiro atoms. The van der Waals surface area contributed by atoms with Crippen LogP contribution in [0.3, 0.4) is 0 Å². The van der Waals surface area contributed by atoms with Crippen LogP contribution in [0.4, 0.5) is 0 Å². The monoisotopic (exact) mass is 118 g/mol. The molecule has 0 aliphatic carbocycles. The van der Waals surface area contributed by atoms with Gasteiger partial charge in [0.25, 0.3) is 6.47 Å².